The molecule has 1 heterocycles. The quantitative estimate of drug-likeness (QED) is 0.649. The number of ether oxygens (including phenoxy) is 1. The van der Waals surface area contributed by atoms with Gasteiger partial charge in [0.05, 0.1) is 11.7 Å². The van der Waals surface area contributed by atoms with Crippen LogP contribution in [-0.2, 0) is 4.74 Å². The average molecular weight is 179 g/mol. The van der Waals surface area contributed by atoms with Crippen LogP contribution in [0.4, 0.5) is 0 Å². The molecule has 0 fully saturated rings. The fourth-order valence-electron chi connectivity index (χ4n) is 1.59. The summed E-state index contributed by atoms with van der Waals surface area (Å²) in [5.41, 5.74) is 2.41. The van der Waals surface area contributed by atoms with Crippen LogP contribution < -0.4 is 0 Å². The second-order valence-electron chi connectivity index (χ2n) is 3.37. The molecule has 1 aliphatic heterocycles. The van der Waals surface area contributed by atoms with E-state index >= 15 is 0 Å². The first-order valence-corrected chi connectivity index (χ1v) is 4.36. The van der Waals surface area contributed by atoms with E-state index in [2.05, 4.69) is 23.3 Å². The summed E-state index contributed by atoms with van der Waals surface area (Å²) >= 11 is 0. The van der Waals surface area contributed by atoms with Crippen LogP contribution in [0.2, 0.25) is 0 Å². The predicted octanol–water partition coefficient (Wildman–Crippen LogP) is 1.88. The van der Waals surface area contributed by atoms with E-state index in [-0.39, 0.29) is 0 Å². The molecule has 0 amide bonds. The fraction of sp³-hybridized carbons (Fsp3) is 0.556. The number of allylic oxidation sites excluding steroid dienone is 2. The van der Waals surface area contributed by atoms with E-state index in [0.717, 1.165) is 12.1 Å². The first-order valence-electron chi connectivity index (χ1n) is 4.36. The lowest BCUT2D eigenvalue weighted by molar-refractivity contribution is 0.0503. The van der Waals surface area contributed by atoms with Gasteiger partial charge in [-0.05, 0) is 19.4 Å². The van der Waals surface area contributed by atoms with Crippen molar-refractivity contribution in [1.29, 1.82) is 0 Å². The molecular weight excluding hydrogens is 166 g/mol. The van der Waals surface area contributed by atoms with Gasteiger partial charge in [-0.15, -0.1) is 5.11 Å². The first kappa shape index (κ1) is 8.44. The summed E-state index contributed by atoms with van der Waals surface area (Å²) in [6.07, 6.45) is 5.13. The van der Waals surface area contributed by atoms with Crippen molar-refractivity contribution in [1.82, 2.24) is 5.01 Å². The molecule has 0 radical (unpaired) electrons. The number of hydrogen-bond donors (Lipinski definition) is 0. The smallest absolute Gasteiger partial charge is 0.136 e. The van der Waals surface area contributed by atoms with E-state index in [9.17, 15) is 0 Å². The second-order valence-corrected chi connectivity index (χ2v) is 3.37. The van der Waals surface area contributed by atoms with Gasteiger partial charge in [0.1, 0.15) is 6.73 Å². The molecule has 0 bridgehead atoms. The minimum atomic E-state index is 0.296. The molecule has 1 atom stereocenters. The lowest BCUT2D eigenvalue weighted by atomic mass is 9.99. The standard InChI is InChI=1S/C9H13N3O/c1-7-3-4-8-9(5-7)12(6-13-2)11-10-8/h3-4,9H,5-6H2,1-2H3. The summed E-state index contributed by atoms with van der Waals surface area (Å²) in [5.74, 6) is 0. The highest BCUT2D eigenvalue weighted by molar-refractivity contribution is 5.28. The minimum Gasteiger partial charge on any atom is -0.363 e. The third-order valence-electron chi connectivity index (χ3n) is 2.29. The maximum absolute atomic E-state index is 5.04. The zero-order chi connectivity index (χ0) is 9.26. The van der Waals surface area contributed by atoms with E-state index in [1.54, 1.807) is 7.11 Å². The molecule has 0 spiro atoms. The van der Waals surface area contributed by atoms with Crippen molar-refractivity contribution in [3.8, 4) is 0 Å². The van der Waals surface area contributed by atoms with Gasteiger partial charge in [-0.2, -0.15) is 0 Å². The molecule has 0 aromatic heterocycles. The van der Waals surface area contributed by atoms with Crippen LogP contribution in [0.15, 0.2) is 33.8 Å². The van der Waals surface area contributed by atoms with Crippen LogP contribution in [-0.4, -0.2) is 24.9 Å². The van der Waals surface area contributed by atoms with Crippen molar-refractivity contribution >= 4 is 0 Å². The second kappa shape index (κ2) is 3.30. The molecule has 0 saturated carbocycles. The van der Waals surface area contributed by atoms with E-state index in [4.69, 9.17) is 4.74 Å². The molecule has 2 aliphatic rings. The highest BCUT2D eigenvalue weighted by Gasteiger charge is 2.28. The van der Waals surface area contributed by atoms with Gasteiger partial charge in [-0.1, -0.05) is 16.9 Å². The summed E-state index contributed by atoms with van der Waals surface area (Å²) in [4.78, 5) is 0. The highest BCUT2D eigenvalue weighted by atomic mass is 16.5. The molecule has 0 aromatic rings. The Morgan fingerprint density at radius 2 is 2.46 bits per heavy atom. The fourth-order valence-corrected chi connectivity index (χ4v) is 1.59. The Kier molecular flexibility index (Phi) is 2.14. The summed E-state index contributed by atoms with van der Waals surface area (Å²) in [6, 6.07) is 0.296. The van der Waals surface area contributed by atoms with Gasteiger partial charge >= 0.3 is 0 Å². The Bertz CT molecular complexity index is 293. The maximum atomic E-state index is 5.04. The Morgan fingerprint density at radius 3 is 3.23 bits per heavy atom. The topological polar surface area (TPSA) is 37.2 Å². The lowest BCUT2D eigenvalue weighted by Crippen LogP contribution is -2.30. The molecule has 0 N–H and O–H groups in total. The van der Waals surface area contributed by atoms with Gasteiger partial charge in [0, 0.05) is 7.11 Å². The van der Waals surface area contributed by atoms with Crippen molar-refractivity contribution < 1.29 is 4.74 Å². The molecule has 4 nitrogen and oxygen atoms in total. The number of methoxy groups -OCH3 is 1. The zero-order valence-electron chi connectivity index (χ0n) is 7.90. The van der Waals surface area contributed by atoms with Crippen LogP contribution in [0.1, 0.15) is 13.3 Å². The largest absolute Gasteiger partial charge is 0.363 e. The van der Waals surface area contributed by atoms with Crippen LogP contribution in [0.25, 0.3) is 0 Å². The number of fused-ring (bicyclic) bond motifs is 1. The SMILES string of the molecule is COCN1N=NC2=CC=C(C)CC21. The third kappa shape index (κ3) is 1.49. The van der Waals surface area contributed by atoms with Crippen molar-refractivity contribution in [3.63, 3.8) is 0 Å². The lowest BCUT2D eigenvalue weighted by Gasteiger charge is -2.23. The molecule has 0 aromatic carbocycles. The summed E-state index contributed by atoms with van der Waals surface area (Å²) in [7, 11) is 1.67. The molecule has 70 valence electrons. The molecule has 13 heavy (non-hydrogen) atoms. The van der Waals surface area contributed by atoms with Crippen LogP contribution in [0.5, 0.6) is 0 Å². The minimum absolute atomic E-state index is 0.296. The van der Waals surface area contributed by atoms with Crippen LogP contribution in [0.3, 0.4) is 0 Å². The monoisotopic (exact) mass is 179 g/mol. The Labute approximate surface area is 77.6 Å². The van der Waals surface area contributed by atoms with E-state index in [0.29, 0.717) is 12.8 Å². The molecule has 4 heteroatoms. The van der Waals surface area contributed by atoms with Crippen LogP contribution >= 0.6 is 0 Å². The van der Waals surface area contributed by atoms with E-state index < -0.39 is 0 Å². The number of nitrogens with zero attached hydrogens (tertiary/aromatic N) is 3. The van der Waals surface area contributed by atoms with Gasteiger partial charge in [0.25, 0.3) is 0 Å². The van der Waals surface area contributed by atoms with Gasteiger partial charge in [-0.3, -0.25) is 0 Å². The Morgan fingerprint density at radius 1 is 1.62 bits per heavy atom. The first-order chi connectivity index (χ1) is 6.31. The molecule has 1 unspecified atom stereocenters. The Hall–Kier alpha value is -1.16. The normalized spacial score (nSPS) is 25.7. The summed E-state index contributed by atoms with van der Waals surface area (Å²) in [5, 5.41) is 9.99. The van der Waals surface area contributed by atoms with E-state index in [1.165, 1.54) is 5.57 Å². The van der Waals surface area contributed by atoms with Gasteiger partial charge in [0.2, 0.25) is 0 Å². The zero-order valence-corrected chi connectivity index (χ0v) is 7.90. The van der Waals surface area contributed by atoms with Crippen molar-refractivity contribution in [2.24, 2.45) is 10.3 Å². The average Bonchev–Trinajstić information content (AvgIpc) is 2.49. The van der Waals surface area contributed by atoms with Gasteiger partial charge < -0.3 is 4.74 Å². The predicted molar refractivity (Wildman–Crippen MR) is 48.8 cm³/mol. The molecule has 1 aliphatic carbocycles. The molecule has 2 rings (SSSR count). The third-order valence-corrected chi connectivity index (χ3v) is 2.29. The molecular formula is C9H13N3O. The van der Waals surface area contributed by atoms with Crippen molar-refractivity contribution in [2.45, 2.75) is 19.4 Å². The molecule has 0 saturated heterocycles. The summed E-state index contributed by atoms with van der Waals surface area (Å²) in [6.45, 7) is 2.63. The van der Waals surface area contributed by atoms with Crippen molar-refractivity contribution in [2.75, 3.05) is 13.8 Å². The van der Waals surface area contributed by atoms with Crippen LogP contribution in [0, 0.1) is 0 Å². The maximum Gasteiger partial charge on any atom is 0.136 e. The highest BCUT2D eigenvalue weighted by Crippen LogP contribution is 2.29. The number of hydrogen-bond acceptors (Lipinski definition) is 4. The van der Waals surface area contributed by atoms with Crippen molar-refractivity contribution in [3.05, 3.63) is 23.4 Å². The number of rotatable bonds is 2. The van der Waals surface area contributed by atoms with Gasteiger partial charge in [0.15, 0.2) is 0 Å². The van der Waals surface area contributed by atoms with Gasteiger partial charge in [-0.25, -0.2) is 5.01 Å². The Balaban J connectivity index is 2.13. The summed E-state index contributed by atoms with van der Waals surface area (Å²) < 4.78 is 5.04. The van der Waals surface area contributed by atoms with E-state index in [1.807, 2.05) is 11.1 Å².